The van der Waals surface area contributed by atoms with Crippen LogP contribution in [0.25, 0.3) is 6.08 Å². The lowest BCUT2D eigenvalue weighted by molar-refractivity contribution is -0.127. The van der Waals surface area contributed by atoms with Crippen molar-refractivity contribution in [3.05, 3.63) is 87.5 Å². The van der Waals surface area contributed by atoms with E-state index in [0.717, 1.165) is 11.3 Å². The Hall–Kier alpha value is -2.59. The van der Waals surface area contributed by atoms with Gasteiger partial charge in [0.1, 0.15) is 5.76 Å². The number of carbonyl (C=O) groups is 1. The van der Waals surface area contributed by atoms with Crippen molar-refractivity contribution in [1.29, 1.82) is 0 Å². The van der Waals surface area contributed by atoms with Gasteiger partial charge in [-0.25, -0.2) is 0 Å². The summed E-state index contributed by atoms with van der Waals surface area (Å²) < 4.78 is 5.42. The van der Waals surface area contributed by atoms with Gasteiger partial charge < -0.3 is 9.32 Å². The molecule has 2 aromatic heterocycles. The Bertz CT molecular complexity index is 844. The summed E-state index contributed by atoms with van der Waals surface area (Å²) >= 11 is 1.71. The minimum absolute atomic E-state index is 0.0250. The average Bonchev–Trinajstić information content (AvgIpc) is 3.25. The molecule has 0 saturated carbocycles. The molecule has 3 nitrogen and oxygen atoms in total. The molecule has 0 aliphatic heterocycles. The smallest absolute Gasteiger partial charge is 0.247 e. The fourth-order valence-corrected chi connectivity index (χ4v) is 3.42. The maximum Gasteiger partial charge on any atom is 0.247 e. The van der Waals surface area contributed by atoms with E-state index in [1.807, 2.05) is 49.4 Å². The lowest BCUT2D eigenvalue weighted by atomic mass is 10.1. The number of furan rings is 1. The summed E-state index contributed by atoms with van der Waals surface area (Å²) in [6.07, 6.45) is 5.13. The van der Waals surface area contributed by atoms with Crippen LogP contribution < -0.4 is 0 Å². The summed E-state index contributed by atoms with van der Waals surface area (Å²) in [4.78, 5) is 16.9. The van der Waals surface area contributed by atoms with Crippen LogP contribution in [0.4, 0.5) is 0 Å². The number of rotatable bonds is 6. The normalized spacial score (nSPS) is 11.1. The number of thiophene rings is 1. The molecule has 2 heterocycles. The van der Waals surface area contributed by atoms with Crippen LogP contribution in [0.1, 0.15) is 26.6 Å². The summed E-state index contributed by atoms with van der Waals surface area (Å²) in [6.45, 7) is 5.16. The summed E-state index contributed by atoms with van der Waals surface area (Å²) in [6, 6.07) is 16.0. The maximum absolute atomic E-state index is 12.7. The second-order valence-corrected chi connectivity index (χ2v) is 7.40. The molecule has 0 saturated heterocycles. The lowest BCUT2D eigenvalue weighted by Crippen LogP contribution is -2.27. The third-order valence-corrected chi connectivity index (χ3v) is 4.86. The molecule has 25 heavy (non-hydrogen) atoms. The van der Waals surface area contributed by atoms with E-state index in [9.17, 15) is 4.79 Å². The second-order valence-electron chi connectivity index (χ2n) is 6.03. The fourth-order valence-electron chi connectivity index (χ4n) is 2.51. The zero-order chi connectivity index (χ0) is 17.6. The first-order chi connectivity index (χ1) is 12.1. The minimum atomic E-state index is -0.0250. The van der Waals surface area contributed by atoms with E-state index in [-0.39, 0.29) is 5.91 Å². The zero-order valence-corrected chi connectivity index (χ0v) is 15.3. The Morgan fingerprint density at radius 1 is 1.08 bits per heavy atom. The maximum atomic E-state index is 12.7. The first-order valence-electron chi connectivity index (χ1n) is 8.21. The van der Waals surface area contributed by atoms with Crippen LogP contribution in [0.3, 0.4) is 0 Å². The van der Waals surface area contributed by atoms with Crippen molar-refractivity contribution in [2.24, 2.45) is 0 Å². The van der Waals surface area contributed by atoms with Crippen molar-refractivity contribution in [1.82, 2.24) is 4.90 Å². The first-order valence-corrected chi connectivity index (χ1v) is 9.03. The molecule has 4 heteroatoms. The molecular formula is C21H21NO2S. The molecule has 0 bridgehead atoms. The summed E-state index contributed by atoms with van der Waals surface area (Å²) in [7, 11) is 0. The van der Waals surface area contributed by atoms with Crippen molar-refractivity contribution in [2.45, 2.75) is 26.9 Å². The molecule has 0 aliphatic carbocycles. The van der Waals surface area contributed by atoms with E-state index in [1.54, 1.807) is 28.6 Å². The number of nitrogens with zero attached hydrogens (tertiary/aromatic N) is 1. The van der Waals surface area contributed by atoms with Gasteiger partial charge in [-0.05, 0) is 49.8 Å². The number of hydrogen-bond acceptors (Lipinski definition) is 3. The molecule has 0 fully saturated rings. The molecule has 0 radical (unpaired) electrons. The number of amides is 1. The van der Waals surface area contributed by atoms with Crippen LogP contribution in [0.5, 0.6) is 0 Å². The lowest BCUT2D eigenvalue weighted by Gasteiger charge is -2.19. The van der Waals surface area contributed by atoms with E-state index < -0.39 is 0 Å². The van der Waals surface area contributed by atoms with Gasteiger partial charge in [-0.3, -0.25) is 4.79 Å². The van der Waals surface area contributed by atoms with Gasteiger partial charge in [0.05, 0.1) is 19.4 Å². The highest BCUT2D eigenvalue weighted by Gasteiger charge is 2.14. The van der Waals surface area contributed by atoms with E-state index >= 15 is 0 Å². The standard InChI is InChI=1S/C21H21NO2S/c1-16-5-8-18(9-6-16)10-12-21(23)22(14-19-4-3-13-24-19)15-20-11-7-17(2)25-20/h3-13H,14-15H2,1-2H3/b12-10+. The third kappa shape index (κ3) is 4.94. The molecular weight excluding hydrogens is 330 g/mol. The van der Waals surface area contributed by atoms with Crippen molar-refractivity contribution in [3.8, 4) is 0 Å². The van der Waals surface area contributed by atoms with Gasteiger partial charge >= 0.3 is 0 Å². The Morgan fingerprint density at radius 2 is 1.88 bits per heavy atom. The molecule has 1 aromatic carbocycles. The van der Waals surface area contributed by atoms with Crippen molar-refractivity contribution < 1.29 is 9.21 Å². The van der Waals surface area contributed by atoms with Gasteiger partial charge in [0.2, 0.25) is 5.91 Å². The number of carbonyl (C=O) groups excluding carboxylic acids is 1. The number of aryl methyl sites for hydroxylation is 2. The van der Waals surface area contributed by atoms with E-state index in [0.29, 0.717) is 13.1 Å². The molecule has 0 atom stereocenters. The average molecular weight is 351 g/mol. The summed E-state index contributed by atoms with van der Waals surface area (Å²) in [5.41, 5.74) is 2.22. The van der Waals surface area contributed by atoms with Gasteiger partial charge in [0.15, 0.2) is 0 Å². The van der Waals surface area contributed by atoms with Crippen LogP contribution in [0, 0.1) is 13.8 Å². The van der Waals surface area contributed by atoms with Gasteiger partial charge in [0, 0.05) is 15.8 Å². The predicted octanol–water partition coefficient (Wildman–Crippen LogP) is 5.20. The predicted molar refractivity (Wildman–Crippen MR) is 102 cm³/mol. The van der Waals surface area contributed by atoms with Gasteiger partial charge in [0.25, 0.3) is 0 Å². The van der Waals surface area contributed by atoms with Crippen molar-refractivity contribution >= 4 is 23.3 Å². The molecule has 3 rings (SSSR count). The van der Waals surface area contributed by atoms with Gasteiger partial charge in [-0.15, -0.1) is 11.3 Å². The SMILES string of the molecule is Cc1ccc(/C=C/C(=O)N(Cc2ccco2)Cc2ccc(C)s2)cc1. The molecule has 0 unspecified atom stereocenters. The fraction of sp³-hybridized carbons (Fsp3) is 0.190. The van der Waals surface area contributed by atoms with Crippen LogP contribution >= 0.6 is 11.3 Å². The second kappa shape index (κ2) is 7.99. The van der Waals surface area contributed by atoms with Crippen LogP contribution in [0.2, 0.25) is 0 Å². The molecule has 128 valence electrons. The minimum Gasteiger partial charge on any atom is -0.467 e. The molecule has 1 amide bonds. The van der Waals surface area contributed by atoms with E-state index in [4.69, 9.17) is 4.42 Å². The molecule has 0 aliphatic rings. The highest BCUT2D eigenvalue weighted by Crippen LogP contribution is 2.19. The molecule has 0 spiro atoms. The van der Waals surface area contributed by atoms with Crippen molar-refractivity contribution in [3.63, 3.8) is 0 Å². The Kier molecular flexibility index (Phi) is 5.51. The van der Waals surface area contributed by atoms with E-state index in [1.165, 1.54) is 15.3 Å². The molecule has 0 N–H and O–H groups in total. The van der Waals surface area contributed by atoms with Crippen molar-refractivity contribution in [2.75, 3.05) is 0 Å². The third-order valence-electron chi connectivity index (χ3n) is 3.88. The zero-order valence-electron chi connectivity index (χ0n) is 14.4. The van der Waals surface area contributed by atoms with Crippen LogP contribution in [-0.4, -0.2) is 10.8 Å². The Balaban J connectivity index is 1.74. The van der Waals surface area contributed by atoms with Gasteiger partial charge in [-0.1, -0.05) is 29.8 Å². The number of benzene rings is 1. The van der Waals surface area contributed by atoms with E-state index in [2.05, 4.69) is 19.1 Å². The highest BCUT2D eigenvalue weighted by molar-refractivity contribution is 7.11. The quantitative estimate of drug-likeness (QED) is 0.572. The van der Waals surface area contributed by atoms with Gasteiger partial charge in [-0.2, -0.15) is 0 Å². The Morgan fingerprint density at radius 3 is 2.52 bits per heavy atom. The highest BCUT2D eigenvalue weighted by atomic mass is 32.1. The topological polar surface area (TPSA) is 33.5 Å². The monoisotopic (exact) mass is 351 g/mol. The summed E-state index contributed by atoms with van der Waals surface area (Å²) in [5, 5.41) is 0. The van der Waals surface area contributed by atoms with Crippen LogP contribution in [-0.2, 0) is 17.9 Å². The van der Waals surface area contributed by atoms with Crippen LogP contribution in [0.15, 0.2) is 65.3 Å². The molecule has 3 aromatic rings. The Labute approximate surface area is 152 Å². The first kappa shape index (κ1) is 17.2. The number of hydrogen-bond donors (Lipinski definition) is 0. The largest absolute Gasteiger partial charge is 0.467 e. The summed E-state index contributed by atoms with van der Waals surface area (Å²) in [5.74, 6) is 0.758.